The highest BCUT2D eigenvalue weighted by Gasteiger charge is 2.25. The second-order valence-corrected chi connectivity index (χ2v) is 15.1. The van der Waals surface area contributed by atoms with E-state index in [2.05, 4.69) is 46.5 Å². The monoisotopic (exact) mass is 532 g/mol. The van der Waals surface area contributed by atoms with Crippen LogP contribution in [-0.4, -0.2) is 51.0 Å². The highest BCUT2D eigenvalue weighted by molar-refractivity contribution is 6.69. The van der Waals surface area contributed by atoms with E-state index < -0.39 is 25.6 Å². The molecule has 0 saturated carbocycles. The molecule has 3 aromatic heterocycles. The lowest BCUT2D eigenvalue weighted by atomic mass is 10.1. The highest BCUT2D eigenvalue weighted by atomic mass is 28.4. The number of hydrogen-bond donors (Lipinski definition) is 1. The predicted octanol–water partition coefficient (Wildman–Crippen LogP) is 4.88. The number of carbonyl (C=O) groups is 1. The van der Waals surface area contributed by atoms with Gasteiger partial charge in [0.1, 0.15) is 17.2 Å². The molecule has 3 heterocycles. The second kappa shape index (κ2) is 10.2. The molecule has 2 N–H and O–H groups in total. The maximum Gasteiger partial charge on any atom is 0.257 e. The first-order valence-corrected chi connectivity index (χ1v) is 15.9. The molecule has 0 unspecified atom stereocenters. The SMILES string of the molecule is CCN(Cc1ccc(C#CC(C)(C)O[Si](C)(C)C)cn1)C(=O)c1cc2c(cc1F)nc(N)c1cnn(C)c12. The van der Waals surface area contributed by atoms with Crippen molar-refractivity contribution in [1.29, 1.82) is 0 Å². The Bertz CT molecular complexity index is 1580. The molecule has 0 aliphatic heterocycles. The Morgan fingerprint density at radius 2 is 1.95 bits per heavy atom. The molecule has 0 saturated heterocycles. The third-order valence-electron chi connectivity index (χ3n) is 5.94. The van der Waals surface area contributed by atoms with Gasteiger partial charge in [0.2, 0.25) is 0 Å². The van der Waals surface area contributed by atoms with Crippen LogP contribution in [0.3, 0.4) is 0 Å². The summed E-state index contributed by atoms with van der Waals surface area (Å²) in [5, 5.41) is 5.51. The van der Waals surface area contributed by atoms with Gasteiger partial charge in [0.15, 0.2) is 8.32 Å². The first-order valence-electron chi connectivity index (χ1n) is 12.5. The number of rotatable bonds is 6. The zero-order chi connectivity index (χ0) is 27.8. The van der Waals surface area contributed by atoms with Crippen LogP contribution in [0, 0.1) is 17.7 Å². The van der Waals surface area contributed by atoms with Crippen LogP contribution < -0.4 is 5.73 Å². The van der Waals surface area contributed by atoms with Gasteiger partial charge in [0, 0.05) is 36.8 Å². The van der Waals surface area contributed by atoms with Gasteiger partial charge in [0.05, 0.1) is 40.4 Å². The van der Waals surface area contributed by atoms with Crippen molar-refractivity contribution in [1.82, 2.24) is 24.6 Å². The van der Waals surface area contributed by atoms with Crippen molar-refractivity contribution in [3.8, 4) is 11.8 Å². The summed E-state index contributed by atoms with van der Waals surface area (Å²) in [7, 11) is 0.0365. The summed E-state index contributed by atoms with van der Waals surface area (Å²) in [6, 6.07) is 6.47. The first-order chi connectivity index (χ1) is 17.8. The van der Waals surface area contributed by atoms with Crippen molar-refractivity contribution in [3.05, 3.63) is 59.3 Å². The summed E-state index contributed by atoms with van der Waals surface area (Å²) in [6.07, 6.45) is 3.29. The Balaban J connectivity index is 1.57. The molecule has 1 amide bonds. The van der Waals surface area contributed by atoms with Crippen LogP contribution in [0.5, 0.6) is 0 Å². The van der Waals surface area contributed by atoms with E-state index in [0.29, 0.717) is 34.0 Å². The molecule has 0 radical (unpaired) electrons. The second-order valence-electron chi connectivity index (χ2n) is 10.7. The number of nitrogen functional groups attached to an aromatic ring is 1. The quantitative estimate of drug-likeness (QED) is 0.281. The standard InChI is InChI=1S/C28H33FN6O2Si/c1-8-35(17-19-10-9-18(15-31-19)11-12-28(2,3)37-38(5,6)7)27(36)20-13-21-24(14-23(20)29)33-26(30)22-16-32-34(4)25(21)22/h9-10,13-16H,8,17H2,1-7H3,(H2,30,33). The number of pyridine rings is 2. The molecule has 38 heavy (non-hydrogen) atoms. The Hall–Kier alpha value is -3.81. The number of benzene rings is 1. The lowest BCUT2D eigenvalue weighted by molar-refractivity contribution is 0.0746. The number of hydrogen-bond acceptors (Lipinski definition) is 6. The highest BCUT2D eigenvalue weighted by Crippen LogP contribution is 2.30. The zero-order valence-electron chi connectivity index (χ0n) is 22.9. The number of fused-ring (bicyclic) bond motifs is 3. The maximum atomic E-state index is 15.1. The zero-order valence-corrected chi connectivity index (χ0v) is 23.9. The van der Waals surface area contributed by atoms with E-state index >= 15 is 4.39 Å². The van der Waals surface area contributed by atoms with Gasteiger partial charge in [-0.15, -0.1) is 0 Å². The van der Waals surface area contributed by atoms with Crippen molar-refractivity contribution >= 4 is 41.8 Å². The third-order valence-corrected chi connectivity index (χ3v) is 7.06. The van der Waals surface area contributed by atoms with Crippen LogP contribution in [0.15, 0.2) is 36.7 Å². The third kappa shape index (κ3) is 5.84. The van der Waals surface area contributed by atoms with E-state index in [1.807, 2.05) is 32.9 Å². The van der Waals surface area contributed by atoms with Crippen molar-refractivity contribution in [2.24, 2.45) is 7.05 Å². The van der Waals surface area contributed by atoms with E-state index in [9.17, 15) is 4.79 Å². The van der Waals surface area contributed by atoms with Crippen LogP contribution in [0.25, 0.3) is 21.8 Å². The number of nitrogens with two attached hydrogens (primary N) is 1. The fourth-order valence-corrected chi connectivity index (χ4v) is 6.02. The Morgan fingerprint density at radius 1 is 1.21 bits per heavy atom. The maximum absolute atomic E-state index is 15.1. The Labute approximate surface area is 223 Å². The van der Waals surface area contributed by atoms with Gasteiger partial charge in [-0.3, -0.25) is 14.5 Å². The van der Waals surface area contributed by atoms with Crippen molar-refractivity contribution in [2.75, 3.05) is 12.3 Å². The van der Waals surface area contributed by atoms with Crippen molar-refractivity contribution < 1.29 is 13.6 Å². The molecule has 0 aliphatic carbocycles. The molecule has 0 spiro atoms. The summed E-state index contributed by atoms with van der Waals surface area (Å²) in [5.74, 6) is 5.48. The number of halogens is 1. The van der Waals surface area contributed by atoms with Gasteiger partial charge >= 0.3 is 0 Å². The molecule has 0 atom stereocenters. The van der Waals surface area contributed by atoms with Gasteiger partial charge < -0.3 is 15.1 Å². The largest absolute Gasteiger partial charge is 0.402 e. The van der Waals surface area contributed by atoms with Crippen molar-refractivity contribution in [3.63, 3.8) is 0 Å². The van der Waals surface area contributed by atoms with Crippen LogP contribution in [-0.2, 0) is 18.0 Å². The van der Waals surface area contributed by atoms with Gasteiger partial charge in [-0.2, -0.15) is 5.10 Å². The van der Waals surface area contributed by atoms with E-state index in [4.69, 9.17) is 10.2 Å². The average molecular weight is 533 g/mol. The molecule has 10 heteroatoms. The number of aryl methyl sites for hydroxylation is 1. The molecular weight excluding hydrogens is 499 g/mol. The number of nitrogens with zero attached hydrogens (tertiary/aromatic N) is 5. The number of aromatic nitrogens is 4. The summed E-state index contributed by atoms with van der Waals surface area (Å²) in [4.78, 5) is 23.8. The minimum Gasteiger partial charge on any atom is -0.402 e. The minimum atomic E-state index is -1.73. The smallest absolute Gasteiger partial charge is 0.257 e. The van der Waals surface area contributed by atoms with Crippen LogP contribution in [0.4, 0.5) is 10.2 Å². The molecule has 4 rings (SSSR count). The molecule has 0 bridgehead atoms. The van der Waals surface area contributed by atoms with Gasteiger partial charge in [-0.25, -0.2) is 9.37 Å². The van der Waals surface area contributed by atoms with Crippen molar-refractivity contribution in [2.45, 2.75) is 52.6 Å². The predicted molar refractivity (Wildman–Crippen MR) is 150 cm³/mol. The molecule has 8 nitrogen and oxygen atoms in total. The van der Waals surface area contributed by atoms with Crippen LogP contribution in [0.1, 0.15) is 42.4 Å². The summed E-state index contributed by atoms with van der Waals surface area (Å²) in [5.41, 5.74) is 7.93. The van der Waals surface area contributed by atoms with E-state index in [1.165, 1.54) is 12.1 Å². The molecular formula is C28H33FN6O2Si. The molecule has 4 aromatic rings. The fraction of sp³-hybridized carbons (Fsp3) is 0.357. The minimum absolute atomic E-state index is 0.0412. The normalized spacial score (nSPS) is 12.0. The van der Waals surface area contributed by atoms with E-state index in [0.717, 1.165) is 5.56 Å². The fourth-order valence-electron chi connectivity index (χ4n) is 4.44. The Morgan fingerprint density at radius 3 is 2.58 bits per heavy atom. The molecule has 198 valence electrons. The average Bonchev–Trinajstić information content (AvgIpc) is 3.22. The lowest BCUT2D eigenvalue weighted by Crippen LogP contribution is -2.37. The first kappa shape index (κ1) is 27.2. The summed E-state index contributed by atoms with van der Waals surface area (Å²) < 4.78 is 22.9. The number of anilines is 1. The molecule has 0 fully saturated rings. The summed E-state index contributed by atoms with van der Waals surface area (Å²) >= 11 is 0. The van der Waals surface area contributed by atoms with Gasteiger partial charge in [-0.1, -0.05) is 11.8 Å². The van der Waals surface area contributed by atoms with Crippen LogP contribution in [0.2, 0.25) is 19.6 Å². The van der Waals surface area contributed by atoms with Gasteiger partial charge in [-0.05, 0) is 58.6 Å². The number of amides is 1. The Kier molecular flexibility index (Phi) is 7.28. The van der Waals surface area contributed by atoms with Crippen LogP contribution >= 0.6 is 0 Å². The lowest BCUT2D eigenvalue weighted by Gasteiger charge is -2.28. The van der Waals surface area contributed by atoms with Gasteiger partial charge in [0.25, 0.3) is 5.91 Å². The molecule has 0 aliphatic rings. The molecule has 1 aromatic carbocycles. The van der Waals surface area contributed by atoms with E-state index in [-0.39, 0.29) is 17.9 Å². The number of carbonyl (C=O) groups excluding carboxylic acids is 1. The van der Waals surface area contributed by atoms with E-state index in [1.54, 1.807) is 29.0 Å². The summed E-state index contributed by atoms with van der Waals surface area (Å²) in [6.45, 7) is 12.8. The topological polar surface area (TPSA) is 99.2 Å².